The average molecular weight is 206 g/mol. The van der Waals surface area contributed by atoms with E-state index in [1.165, 1.54) is 12.0 Å². The molecule has 0 radical (unpaired) electrons. The largest absolute Gasteiger partial charge is 0.393 e. The third kappa shape index (κ3) is 1.33. The average Bonchev–Trinajstić information content (AvgIpc) is 2.51. The Labute approximate surface area is 92.9 Å². The standard InChI is InChI=1S/C14H22O/c1-5-10-6-7-11-13(2,3)12(15)8-9-14(10,11)4/h11-12,15H,1,6-9H2,2-4H3/t11-,12-,14-/m0/s1. The third-order valence-electron chi connectivity index (χ3n) is 5.05. The third-order valence-corrected chi connectivity index (χ3v) is 5.05. The highest BCUT2D eigenvalue weighted by Crippen LogP contribution is 2.61. The quantitative estimate of drug-likeness (QED) is 0.603. The fraction of sp³-hybridized carbons (Fsp3) is 0.786. The maximum atomic E-state index is 10.1. The van der Waals surface area contributed by atoms with Gasteiger partial charge in [0.15, 0.2) is 0 Å². The summed E-state index contributed by atoms with van der Waals surface area (Å²) in [7, 11) is 0. The van der Waals surface area contributed by atoms with E-state index in [2.05, 4.69) is 33.1 Å². The van der Waals surface area contributed by atoms with Gasteiger partial charge in [0, 0.05) is 0 Å². The van der Waals surface area contributed by atoms with Crippen molar-refractivity contribution in [3.05, 3.63) is 17.9 Å². The van der Waals surface area contributed by atoms with Crippen molar-refractivity contribution >= 4 is 0 Å². The van der Waals surface area contributed by atoms with Gasteiger partial charge in [-0.1, -0.05) is 27.4 Å². The molecule has 84 valence electrons. The van der Waals surface area contributed by atoms with Gasteiger partial charge >= 0.3 is 0 Å². The van der Waals surface area contributed by atoms with Gasteiger partial charge in [0.25, 0.3) is 0 Å². The number of fused-ring (bicyclic) bond motifs is 1. The summed E-state index contributed by atoms with van der Waals surface area (Å²) in [4.78, 5) is 0. The number of aliphatic hydroxyl groups excluding tert-OH is 1. The number of aliphatic hydroxyl groups is 1. The molecule has 2 aliphatic carbocycles. The maximum Gasteiger partial charge on any atom is 0.0594 e. The summed E-state index contributed by atoms with van der Waals surface area (Å²) in [6.45, 7) is 10.6. The zero-order valence-corrected chi connectivity index (χ0v) is 10.1. The van der Waals surface area contributed by atoms with E-state index in [0.29, 0.717) is 5.92 Å². The van der Waals surface area contributed by atoms with Crippen LogP contribution >= 0.6 is 0 Å². The molecule has 1 nitrogen and oxygen atoms in total. The monoisotopic (exact) mass is 206 g/mol. The van der Waals surface area contributed by atoms with Crippen LogP contribution in [0.3, 0.4) is 0 Å². The van der Waals surface area contributed by atoms with Crippen LogP contribution in [0, 0.1) is 16.7 Å². The van der Waals surface area contributed by atoms with Crippen molar-refractivity contribution in [1.82, 2.24) is 0 Å². The van der Waals surface area contributed by atoms with Crippen LogP contribution in [0.1, 0.15) is 46.5 Å². The van der Waals surface area contributed by atoms with E-state index < -0.39 is 0 Å². The van der Waals surface area contributed by atoms with Crippen molar-refractivity contribution in [2.24, 2.45) is 16.7 Å². The Morgan fingerprint density at radius 1 is 1.33 bits per heavy atom. The van der Waals surface area contributed by atoms with Crippen LogP contribution in [0.4, 0.5) is 0 Å². The highest BCUT2D eigenvalue weighted by atomic mass is 16.3. The van der Waals surface area contributed by atoms with Crippen molar-refractivity contribution in [2.45, 2.75) is 52.6 Å². The first-order valence-corrected chi connectivity index (χ1v) is 6.00. The van der Waals surface area contributed by atoms with Crippen LogP contribution in [0.25, 0.3) is 0 Å². The molecule has 15 heavy (non-hydrogen) atoms. The van der Waals surface area contributed by atoms with Crippen molar-refractivity contribution in [2.75, 3.05) is 0 Å². The molecular formula is C14H22O. The minimum Gasteiger partial charge on any atom is -0.393 e. The molecule has 0 aromatic rings. The second-order valence-electron chi connectivity index (χ2n) is 6.04. The first-order chi connectivity index (χ1) is 6.93. The van der Waals surface area contributed by atoms with E-state index in [-0.39, 0.29) is 16.9 Å². The number of allylic oxidation sites excluding steroid dienone is 1. The Bertz CT molecular complexity index is 322. The molecule has 2 fully saturated rings. The van der Waals surface area contributed by atoms with Gasteiger partial charge in [0.05, 0.1) is 6.10 Å². The van der Waals surface area contributed by atoms with Crippen molar-refractivity contribution < 1.29 is 5.11 Å². The maximum absolute atomic E-state index is 10.1. The SMILES string of the molecule is C=C=C1CC[C@H]2C(C)(C)[C@@H](O)CC[C@@]12C. The summed E-state index contributed by atoms with van der Waals surface area (Å²) in [5, 5.41) is 10.1. The van der Waals surface area contributed by atoms with E-state index in [1.54, 1.807) is 0 Å². The summed E-state index contributed by atoms with van der Waals surface area (Å²) < 4.78 is 0. The Kier molecular flexibility index (Phi) is 2.37. The van der Waals surface area contributed by atoms with Crippen LogP contribution in [0.5, 0.6) is 0 Å². The Morgan fingerprint density at radius 2 is 2.00 bits per heavy atom. The van der Waals surface area contributed by atoms with Crippen LogP contribution in [-0.4, -0.2) is 11.2 Å². The lowest BCUT2D eigenvalue weighted by atomic mass is 9.56. The highest BCUT2D eigenvalue weighted by molar-refractivity contribution is 5.23. The van der Waals surface area contributed by atoms with E-state index in [9.17, 15) is 5.11 Å². The first kappa shape index (κ1) is 11.0. The van der Waals surface area contributed by atoms with E-state index in [1.807, 2.05) is 0 Å². The Hall–Kier alpha value is -0.520. The smallest absolute Gasteiger partial charge is 0.0594 e. The van der Waals surface area contributed by atoms with Crippen LogP contribution in [0.15, 0.2) is 17.9 Å². The van der Waals surface area contributed by atoms with Gasteiger partial charge in [-0.15, -0.1) is 5.73 Å². The van der Waals surface area contributed by atoms with Crippen LogP contribution in [0.2, 0.25) is 0 Å². The molecule has 1 N–H and O–H groups in total. The molecule has 3 atom stereocenters. The van der Waals surface area contributed by atoms with Gasteiger partial charge in [-0.3, -0.25) is 0 Å². The molecule has 0 aliphatic heterocycles. The topological polar surface area (TPSA) is 20.2 Å². The Balaban J connectivity index is 2.42. The molecule has 2 aliphatic rings. The normalized spacial score (nSPS) is 43.6. The number of rotatable bonds is 0. The highest BCUT2D eigenvalue weighted by Gasteiger charge is 2.54. The van der Waals surface area contributed by atoms with Gasteiger partial charge < -0.3 is 5.11 Å². The minimum absolute atomic E-state index is 0.0472. The molecule has 0 aromatic carbocycles. The molecular weight excluding hydrogens is 184 g/mol. The zero-order valence-electron chi connectivity index (χ0n) is 10.1. The molecule has 1 heteroatoms. The minimum atomic E-state index is -0.139. The fourth-order valence-electron chi connectivity index (χ4n) is 3.95. The summed E-state index contributed by atoms with van der Waals surface area (Å²) in [5.41, 5.74) is 4.84. The van der Waals surface area contributed by atoms with E-state index in [0.717, 1.165) is 19.3 Å². The van der Waals surface area contributed by atoms with Crippen molar-refractivity contribution in [3.8, 4) is 0 Å². The lowest BCUT2D eigenvalue weighted by Gasteiger charge is -2.50. The molecule has 2 rings (SSSR count). The van der Waals surface area contributed by atoms with Crippen LogP contribution < -0.4 is 0 Å². The molecule has 0 saturated heterocycles. The molecule has 0 unspecified atom stereocenters. The number of hydrogen-bond acceptors (Lipinski definition) is 1. The van der Waals surface area contributed by atoms with Gasteiger partial charge in [-0.25, -0.2) is 0 Å². The van der Waals surface area contributed by atoms with Crippen LogP contribution in [-0.2, 0) is 0 Å². The summed E-state index contributed by atoms with van der Waals surface area (Å²) in [6.07, 6.45) is 4.20. The van der Waals surface area contributed by atoms with Crippen molar-refractivity contribution in [1.29, 1.82) is 0 Å². The lowest BCUT2D eigenvalue weighted by Crippen LogP contribution is -2.47. The summed E-state index contributed by atoms with van der Waals surface area (Å²) >= 11 is 0. The van der Waals surface area contributed by atoms with Gasteiger partial charge in [0.2, 0.25) is 0 Å². The lowest BCUT2D eigenvalue weighted by molar-refractivity contribution is -0.0710. The van der Waals surface area contributed by atoms with Crippen molar-refractivity contribution in [3.63, 3.8) is 0 Å². The predicted molar refractivity (Wildman–Crippen MR) is 62.5 cm³/mol. The zero-order chi connectivity index (χ0) is 11.3. The van der Waals surface area contributed by atoms with E-state index >= 15 is 0 Å². The Morgan fingerprint density at radius 3 is 2.60 bits per heavy atom. The first-order valence-electron chi connectivity index (χ1n) is 6.00. The molecule has 0 aromatic heterocycles. The second kappa shape index (κ2) is 3.23. The summed E-state index contributed by atoms with van der Waals surface area (Å²) in [6, 6.07) is 0. The molecule has 0 bridgehead atoms. The number of hydrogen-bond donors (Lipinski definition) is 1. The molecule has 0 spiro atoms. The second-order valence-corrected chi connectivity index (χ2v) is 6.04. The fourth-order valence-corrected chi connectivity index (χ4v) is 3.95. The summed E-state index contributed by atoms with van der Waals surface area (Å²) in [5.74, 6) is 0.595. The predicted octanol–water partition coefficient (Wildman–Crippen LogP) is 3.29. The van der Waals surface area contributed by atoms with Gasteiger partial charge in [-0.05, 0) is 48.0 Å². The molecule has 2 saturated carbocycles. The molecule has 0 heterocycles. The van der Waals surface area contributed by atoms with Gasteiger partial charge in [-0.2, -0.15) is 0 Å². The van der Waals surface area contributed by atoms with E-state index in [4.69, 9.17) is 0 Å². The molecule has 0 amide bonds. The van der Waals surface area contributed by atoms with Gasteiger partial charge in [0.1, 0.15) is 0 Å².